The number of amides is 1. The van der Waals surface area contributed by atoms with Crippen molar-refractivity contribution in [2.45, 2.75) is 26.8 Å². The molecule has 34 heavy (non-hydrogen) atoms. The zero-order valence-corrected chi connectivity index (χ0v) is 19.6. The van der Waals surface area contributed by atoms with Gasteiger partial charge in [-0.2, -0.15) is 0 Å². The smallest absolute Gasteiger partial charge is 0.296 e. The number of carbonyl (C=O) groups excluding carboxylic acids is 1. The molecule has 0 fully saturated rings. The lowest BCUT2D eigenvalue weighted by atomic mass is 9.97. The number of nitrogens with zero attached hydrogens (tertiary/aromatic N) is 2. The SMILES string of the molecule is COc1ccc(C2c3c(oc4cc(C)c(C)cc4c3=O)C(=O)N2c2cc(C)ccn2)cc1OC. The Morgan fingerprint density at radius 3 is 2.35 bits per heavy atom. The lowest BCUT2D eigenvalue weighted by molar-refractivity contribution is 0.0970. The van der Waals surface area contributed by atoms with Gasteiger partial charge in [0, 0.05) is 6.20 Å². The summed E-state index contributed by atoms with van der Waals surface area (Å²) >= 11 is 0. The molecule has 4 aromatic rings. The Bertz CT molecular complexity index is 1520. The highest BCUT2D eigenvalue weighted by molar-refractivity contribution is 6.10. The molecule has 1 amide bonds. The van der Waals surface area contributed by atoms with Crippen LogP contribution in [0.15, 0.2) is 57.9 Å². The molecule has 3 heterocycles. The third kappa shape index (κ3) is 3.23. The van der Waals surface area contributed by atoms with Gasteiger partial charge in [-0.3, -0.25) is 14.5 Å². The molecular formula is C27H24N2O5. The number of aromatic nitrogens is 1. The van der Waals surface area contributed by atoms with Crippen LogP contribution in [0.4, 0.5) is 5.82 Å². The van der Waals surface area contributed by atoms with Crippen molar-refractivity contribution in [3.63, 3.8) is 0 Å². The second-order valence-corrected chi connectivity index (χ2v) is 8.49. The Kier molecular flexibility index (Phi) is 5.12. The van der Waals surface area contributed by atoms with Gasteiger partial charge in [-0.1, -0.05) is 6.07 Å². The van der Waals surface area contributed by atoms with Gasteiger partial charge in [0.15, 0.2) is 16.9 Å². The monoisotopic (exact) mass is 456 g/mol. The molecule has 172 valence electrons. The van der Waals surface area contributed by atoms with E-state index in [2.05, 4.69) is 4.98 Å². The molecule has 0 radical (unpaired) electrons. The van der Waals surface area contributed by atoms with Gasteiger partial charge >= 0.3 is 0 Å². The van der Waals surface area contributed by atoms with E-state index >= 15 is 0 Å². The number of pyridine rings is 1. The number of aryl methyl sites for hydroxylation is 3. The zero-order chi connectivity index (χ0) is 24.1. The number of carbonyl (C=O) groups is 1. The average Bonchev–Trinajstić information content (AvgIpc) is 3.12. The molecule has 0 saturated carbocycles. The molecule has 1 unspecified atom stereocenters. The van der Waals surface area contributed by atoms with Gasteiger partial charge in [-0.15, -0.1) is 0 Å². The molecule has 0 saturated heterocycles. The van der Waals surface area contributed by atoms with Crippen molar-refractivity contribution >= 4 is 22.7 Å². The number of rotatable bonds is 4. The van der Waals surface area contributed by atoms with Crippen molar-refractivity contribution in [1.29, 1.82) is 0 Å². The maximum absolute atomic E-state index is 13.8. The van der Waals surface area contributed by atoms with E-state index in [1.165, 1.54) is 4.90 Å². The first-order valence-corrected chi connectivity index (χ1v) is 10.9. The summed E-state index contributed by atoms with van der Waals surface area (Å²) in [6, 6.07) is 11.9. The van der Waals surface area contributed by atoms with Crippen LogP contribution in [-0.2, 0) is 0 Å². The Balaban J connectivity index is 1.83. The molecular weight excluding hydrogens is 432 g/mol. The molecule has 0 N–H and O–H groups in total. The number of ether oxygens (including phenoxy) is 2. The molecule has 7 heteroatoms. The Hall–Kier alpha value is -4.13. The third-order valence-electron chi connectivity index (χ3n) is 6.36. The van der Waals surface area contributed by atoms with Crippen molar-refractivity contribution in [3.05, 3.63) is 92.5 Å². The van der Waals surface area contributed by atoms with Gasteiger partial charge in [0.2, 0.25) is 5.76 Å². The second-order valence-electron chi connectivity index (χ2n) is 8.49. The van der Waals surface area contributed by atoms with E-state index in [0.717, 1.165) is 16.7 Å². The normalized spacial score (nSPS) is 15.0. The quantitative estimate of drug-likeness (QED) is 0.435. The zero-order valence-electron chi connectivity index (χ0n) is 19.6. The molecule has 2 aromatic heterocycles. The summed E-state index contributed by atoms with van der Waals surface area (Å²) < 4.78 is 17.0. The fraction of sp³-hybridized carbons (Fsp3) is 0.222. The highest BCUT2D eigenvalue weighted by Gasteiger charge is 2.44. The molecule has 0 aliphatic carbocycles. The van der Waals surface area contributed by atoms with Crippen LogP contribution in [0.5, 0.6) is 11.5 Å². The van der Waals surface area contributed by atoms with Gasteiger partial charge in [0.25, 0.3) is 5.91 Å². The minimum absolute atomic E-state index is 0.0313. The highest BCUT2D eigenvalue weighted by atomic mass is 16.5. The predicted octanol–water partition coefficient (Wildman–Crippen LogP) is 4.88. The van der Waals surface area contributed by atoms with Crippen LogP contribution in [-0.4, -0.2) is 25.1 Å². The van der Waals surface area contributed by atoms with Gasteiger partial charge in [0.1, 0.15) is 11.4 Å². The van der Waals surface area contributed by atoms with Crippen LogP contribution in [0.1, 0.15) is 44.4 Å². The van der Waals surface area contributed by atoms with Crippen LogP contribution < -0.4 is 19.8 Å². The van der Waals surface area contributed by atoms with Crippen LogP contribution >= 0.6 is 0 Å². The molecule has 7 nitrogen and oxygen atoms in total. The maximum atomic E-state index is 13.8. The Labute approximate surface area is 196 Å². The van der Waals surface area contributed by atoms with E-state index in [1.54, 1.807) is 38.6 Å². The predicted molar refractivity (Wildman–Crippen MR) is 129 cm³/mol. The fourth-order valence-corrected chi connectivity index (χ4v) is 4.45. The second kappa shape index (κ2) is 8.02. The fourth-order valence-electron chi connectivity index (χ4n) is 4.45. The summed E-state index contributed by atoms with van der Waals surface area (Å²) in [6.07, 6.45) is 1.64. The van der Waals surface area contributed by atoms with E-state index in [0.29, 0.717) is 33.8 Å². The van der Waals surface area contributed by atoms with Crippen LogP contribution in [0, 0.1) is 20.8 Å². The van der Waals surface area contributed by atoms with E-state index in [-0.39, 0.29) is 16.8 Å². The topological polar surface area (TPSA) is 81.9 Å². The summed E-state index contributed by atoms with van der Waals surface area (Å²) in [6.45, 7) is 5.81. The van der Waals surface area contributed by atoms with Crippen molar-refractivity contribution in [2.75, 3.05) is 19.1 Å². The van der Waals surface area contributed by atoms with E-state index in [9.17, 15) is 9.59 Å². The molecule has 5 rings (SSSR count). The molecule has 1 aliphatic heterocycles. The Morgan fingerprint density at radius 2 is 1.65 bits per heavy atom. The average molecular weight is 456 g/mol. The number of hydrogen-bond acceptors (Lipinski definition) is 6. The summed E-state index contributed by atoms with van der Waals surface area (Å²) in [7, 11) is 3.10. The third-order valence-corrected chi connectivity index (χ3v) is 6.36. The van der Waals surface area contributed by atoms with Crippen LogP contribution in [0.25, 0.3) is 11.0 Å². The molecule has 2 aromatic carbocycles. The number of anilines is 1. The van der Waals surface area contributed by atoms with Gasteiger partial charge < -0.3 is 13.9 Å². The number of benzene rings is 2. The number of fused-ring (bicyclic) bond motifs is 2. The van der Waals surface area contributed by atoms with Crippen LogP contribution in [0.2, 0.25) is 0 Å². The minimum Gasteiger partial charge on any atom is -0.493 e. The van der Waals surface area contributed by atoms with Crippen LogP contribution in [0.3, 0.4) is 0 Å². The van der Waals surface area contributed by atoms with E-state index in [4.69, 9.17) is 13.9 Å². The standard InChI is InChI=1S/C27H24N2O5/c1-14-8-9-28-22(10-14)29-24(17-6-7-19(32-4)21(13-17)33-5)23-25(30)18-11-15(2)16(3)12-20(18)34-26(23)27(29)31/h6-13,24H,1-5H3. The van der Waals surface area contributed by atoms with Crippen molar-refractivity contribution in [3.8, 4) is 11.5 Å². The minimum atomic E-state index is -0.737. The van der Waals surface area contributed by atoms with Gasteiger partial charge in [0.05, 0.1) is 31.2 Å². The largest absolute Gasteiger partial charge is 0.493 e. The summed E-state index contributed by atoms with van der Waals surface area (Å²) in [5, 5.41) is 0.444. The molecule has 1 atom stereocenters. The van der Waals surface area contributed by atoms with E-state index < -0.39 is 11.9 Å². The lowest BCUT2D eigenvalue weighted by Gasteiger charge is -2.25. The van der Waals surface area contributed by atoms with Crippen molar-refractivity contribution < 1.29 is 18.7 Å². The number of hydrogen-bond donors (Lipinski definition) is 0. The molecule has 0 bridgehead atoms. The molecule has 1 aliphatic rings. The first-order valence-electron chi connectivity index (χ1n) is 10.9. The Morgan fingerprint density at radius 1 is 0.912 bits per heavy atom. The lowest BCUT2D eigenvalue weighted by Crippen LogP contribution is -2.30. The van der Waals surface area contributed by atoms with Gasteiger partial charge in [-0.05, 0) is 79.4 Å². The summed E-state index contributed by atoms with van der Waals surface area (Å²) in [4.78, 5) is 33.5. The first-order chi connectivity index (χ1) is 16.3. The first kappa shape index (κ1) is 21.7. The van der Waals surface area contributed by atoms with Crippen molar-refractivity contribution in [2.24, 2.45) is 0 Å². The highest BCUT2D eigenvalue weighted by Crippen LogP contribution is 2.43. The van der Waals surface area contributed by atoms with Crippen molar-refractivity contribution in [1.82, 2.24) is 4.98 Å². The molecule has 0 spiro atoms. The van der Waals surface area contributed by atoms with E-state index in [1.807, 2.05) is 45.0 Å². The van der Waals surface area contributed by atoms with Gasteiger partial charge in [-0.25, -0.2) is 4.98 Å². The summed E-state index contributed by atoms with van der Waals surface area (Å²) in [5.41, 5.74) is 4.03. The maximum Gasteiger partial charge on any atom is 0.296 e. The number of methoxy groups -OCH3 is 2. The summed E-state index contributed by atoms with van der Waals surface area (Å²) in [5.74, 6) is 1.10.